The Labute approximate surface area is 195 Å². The minimum atomic E-state index is -0.800. The number of aryl methyl sites for hydroxylation is 1. The monoisotopic (exact) mass is 468 g/mol. The predicted molar refractivity (Wildman–Crippen MR) is 124 cm³/mol. The van der Waals surface area contributed by atoms with Gasteiger partial charge in [-0.05, 0) is 49.4 Å². The van der Waals surface area contributed by atoms with Crippen LogP contribution >= 0.6 is 11.3 Å². The van der Waals surface area contributed by atoms with Gasteiger partial charge in [-0.3, -0.25) is 14.4 Å². The summed E-state index contributed by atoms with van der Waals surface area (Å²) in [6.07, 6.45) is 4.90. The summed E-state index contributed by atoms with van der Waals surface area (Å²) in [6.45, 7) is 2.08. The number of rotatable bonds is 6. The maximum Gasteiger partial charge on any atom is 0.338 e. The molecule has 9 nitrogen and oxygen atoms in total. The van der Waals surface area contributed by atoms with E-state index in [4.69, 9.17) is 4.74 Å². The lowest BCUT2D eigenvalue weighted by molar-refractivity contribution is -0.119. The van der Waals surface area contributed by atoms with Crippen molar-refractivity contribution in [2.75, 3.05) is 22.6 Å². The summed E-state index contributed by atoms with van der Waals surface area (Å²) in [5.74, 6) is -2.06. The molecule has 172 valence electrons. The molecular weight excluding hydrogens is 444 g/mol. The van der Waals surface area contributed by atoms with Crippen molar-refractivity contribution in [3.05, 3.63) is 39.8 Å². The number of nitrogens with one attached hydrogen (secondary N) is 3. The smallest absolute Gasteiger partial charge is 0.338 e. The van der Waals surface area contributed by atoms with Crippen LogP contribution in [0.1, 0.15) is 59.5 Å². The average Bonchev–Trinajstić information content (AvgIpc) is 2.89. The van der Waals surface area contributed by atoms with Crippen molar-refractivity contribution in [1.29, 1.82) is 5.26 Å². The van der Waals surface area contributed by atoms with E-state index in [0.717, 1.165) is 42.5 Å². The van der Waals surface area contributed by atoms with E-state index in [1.54, 1.807) is 0 Å². The first kappa shape index (κ1) is 23.9. The number of carbonyl (C=O) groups excluding carboxylic acids is 4. The molecule has 3 amide bonds. The summed E-state index contributed by atoms with van der Waals surface area (Å²) in [4.78, 5) is 48.8. The molecule has 1 aromatic heterocycles. The molecule has 0 spiro atoms. The number of hydrogen-bond acceptors (Lipinski definition) is 7. The fourth-order valence-corrected chi connectivity index (χ4v) is 4.88. The van der Waals surface area contributed by atoms with Gasteiger partial charge in [0.1, 0.15) is 11.1 Å². The minimum absolute atomic E-state index is 0.0540. The third kappa shape index (κ3) is 6.40. The quantitative estimate of drug-likeness (QED) is 0.437. The average molecular weight is 469 g/mol. The van der Waals surface area contributed by atoms with Crippen LogP contribution in [0.4, 0.5) is 16.4 Å². The van der Waals surface area contributed by atoms with Crippen LogP contribution in [0, 0.1) is 11.3 Å². The lowest BCUT2D eigenvalue weighted by Crippen LogP contribution is -2.21. The number of fused-ring (bicyclic) bond motifs is 1. The second-order valence-electron chi connectivity index (χ2n) is 7.67. The predicted octanol–water partition coefficient (Wildman–Crippen LogP) is 3.60. The van der Waals surface area contributed by atoms with Crippen LogP contribution < -0.4 is 16.0 Å². The molecule has 3 N–H and O–H groups in total. The van der Waals surface area contributed by atoms with Crippen LogP contribution in [0.3, 0.4) is 0 Å². The highest BCUT2D eigenvalue weighted by Crippen LogP contribution is 2.36. The normalized spacial score (nSPS) is 12.5. The number of nitriles is 1. The summed E-state index contributed by atoms with van der Waals surface area (Å²) >= 11 is 1.40. The molecule has 10 heteroatoms. The molecule has 0 unspecified atom stereocenters. The van der Waals surface area contributed by atoms with Crippen LogP contribution in [-0.4, -0.2) is 30.3 Å². The SMILES string of the molecule is CC(=O)Nc1cc(NC(C)=O)cc(C(=O)OCC(=O)Nc2sc3c(c2C#N)CCCCC3)c1. The number of benzene rings is 1. The molecule has 3 rings (SSSR count). The Bertz CT molecular complexity index is 1110. The van der Waals surface area contributed by atoms with Crippen LogP contribution in [0.5, 0.6) is 0 Å². The van der Waals surface area contributed by atoms with Crippen LogP contribution in [0.2, 0.25) is 0 Å². The molecule has 0 fully saturated rings. The van der Waals surface area contributed by atoms with Gasteiger partial charge in [-0.25, -0.2) is 4.79 Å². The topological polar surface area (TPSA) is 137 Å². The second-order valence-corrected chi connectivity index (χ2v) is 8.77. The zero-order valence-electron chi connectivity index (χ0n) is 18.4. The van der Waals surface area contributed by atoms with Crippen molar-refractivity contribution in [1.82, 2.24) is 0 Å². The first-order valence-electron chi connectivity index (χ1n) is 10.5. The van der Waals surface area contributed by atoms with E-state index in [-0.39, 0.29) is 17.4 Å². The largest absolute Gasteiger partial charge is 0.452 e. The first-order chi connectivity index (χ1) is 15.8. The van der Waals surface area contributed by atoms with E-state index in [1.165, 1.54) is 43.4 Å². The number of esters is 1. The summed E-state index contributed by atoms with van der Waals surface area (Å²) < 4.78 is 5.12. The number of amides is 3. The van der Waals surface area contributed by atoms with Crippen molar-refractivity contribution in [2.24, 2.45) is 0 Å². The minimum Gasteiger partial charge on any atom is -0.452 e. The van der Waals surface area contributed by atoms with Gasteiger partial charge in [0.05, 0.1) is 11.1 Å². The van der Waals surface area contributed by atoms with Crippen LogP contribution in [-0.2, 0) is 32.0 Å². The zero-order valence-corrected chi connectivity index (χ0v) is 19.2. The Kier molecular flexibility index (Phi) is 7.79. The molecule has 0 aliphatic heterocycles. The maximum atomic E-state index is 12.5. The fraction of sp³-hybridized carbons (Fsp3) is 0.348. The van der Waals surface area contributed by atoms with E-state index < -0.39 is 18.5 Å². The van der Waals surface area contributed by atoms with Crippen LogP contribution in [0.25, 0.3) is 0 Å². The fourth-order valence-electron chi connectivity index (χ4n) is 3.62. The third-order valence-electron chi connectivity index (χ3n) is 4.93. The lowest BCUT2D eigenvalue weighted by Gasteiger charge is -2.11. The van der Waals surface area contributed by atoms with E-state index in [1.807, 2.05) is 0 Å². The van der Waals surface area contributed by atoms with Crippen molar-refractivity contribution >= 4 is 51.4 Å². The summed E-state index contributed by atoms with van der Waals surface area (Å²) in [5, 5.41) is 17.8. The van der Waals surface area contributed by atoms with Gasteiger partial charge in [0.15, 0.2) is 6.61 Å². The first-order valence-corrected chi connectivity index (χ1v) is 11.3. The Morgan fingerprint density at radius 1 is 0.970 bits per heavy atom. The number of thiophene rings is 1. The van der Waals surface area contributed by atoms with Gasteiger partial charge in [0.2, 0.25) is 11.8 Å². The highest BCUT2D eigenvalue weighted by Gasteiger charge is 2.21. The van der Waals surface area contributed by atoms with Gasteiger partial charge in [-0.2, -0.15) is 5.26 Å². The Morgan fingerprint density at radius 3 is 2.21 bits per heavy atom. The van der Waals surface area contributed by atoms with E-state index >= 15 is 0 Å². The zero-order chi connectivity index (χ0) is 24.0. The van der Waals surface area contributed by atoms with Gasteiger partial charge >= 0.3 is 5.97 Å². The van der Waals surface area contributed by atoms with E-state index in [0.29, 0.717) is 21.9 Å². The van der Waals surface area contributed by atoms with Crippen molar-refractivity contribution in [2.45, 2.75) is 46.0 Å². The van der Waals surface area contributed by atoms with Crippen LogP contribution in [0.15, 0.2) is 18.2 Å². The number of hydrogen-bond donors (Lipinski definition) is 3. The highest BCUT2D eigenvalue weighted by molar-refractivity contribution is 7.16. The summed E-state index contributed by atoms with van der Waals surface area (Å²) in [7, 11) is 0. The van der Waals surface area contributed by atoms with Crippen molar-refractivity contribution in [3.8, 4) is 6.07 Å². The van der Waals surface area contributed by atoms with Gasteiger partial charge in [-0.15, -0.1) is 11.3 Å². The summed E-state index contributed by atoms with van der Waals surface area (Å²) in [6, 6.07) is 6.46. The Hall–Kier alpha value is -3.71. The standard InChI is InChI=1S/C23H24N4O5S/c1-13(28)25-16-8-15(9-17(10-16)26-14(2)29)23(31)32-12-21(30)27-22-19(11-24)18-6-4-3-5-7-20(18)33-22/h8-10H,3-7,12H2,1-2H3,(H,25,28)(H,26,29)(H,27,30). The third-order valence-corrected chi connectivity index (χ3v) is 6.14. The highest BCUT2D eigenvalue weighted by atomic mass is 32.1. The van der Waals surface area contributed by atoms with Gasteiger partial charge in [0.25, 0.3) is 5.91 Å². The molecule has 1 heterocycles. The molecule has 1 aliphatic rings. The molecule has 1 aliphatic carbocycles. The molecule has 33 heavy (non-hydrogen) atoms. The molecule has 0 radical (unpaired) electrons. The van der Waals surface area contributed by atoms with Gasteiger partial charge in [0, 0.05) is 30.1 Å². The molecule has 2 aromatic rings. The number of ether oxygens (including phenoxy) is 1. The Morgan fingerprint density at radius 2 is 1.61 bits per heavy atom. The molecular formula is C23H24N4O5S. The van der Waals surface area contributed by atoms with E-state index in [2.05, 4.69) is 22.0 Å². The second kappa shape index (κ2) is 10.7. The number of anilines is 3. The molecule has 1 aromatic carbocycles. The maximum absolute atomic E-state index is 12.5. The van der Waals surface area contributed by atoms with Crippen molar-refractivity contribution < 1.29 is 23.9 Å². The summed E-state index contributed by atoms with van der Waals surface area (Å²) in [5.41, 5.74) is 2.14. The Balaban J connectivity index is 1.68. The van der Waals surface area contributed by atoms with Gasteiger partial charge in [-0.1, -0.05) is 6.42 Å². The molecule has 0 saturated carbocycles. The number of carbonyl (C=O) groups is 4. The molecule has 0 atom stereocenters. The molecule has 0 bridgehead atoms. The van der Waals surface area contributed by atoms with E-state index in [9.17, 15) is 24.4 Å². The lowest BCUT2D eigenvalue weighted by atomic mass is 10.1. The van der Waals surface area contributed by atoms with Gasteiger partial charge < -0.3 is 20.7 Å². The molecule has 0 saturated heterocycles. The van der Waals surface area contributed by atoms with Crippen molar-refractivity contribution in [3.63, 3.8) is 0 Å². The number of nitrogens with zero attached hydrogens (tertiary/aromatic N) is 1.